The second-order valence-electron chi connectivity index (χ2n) is 7.42. The van der Waals surface area contributed by atoms with Gasteiger partial charge in [0.05, 0.1) is 0 Å². The highest BCUT2D eigenvalue weighted by Crippen LogP contribution is 2.19. The topological polar surface area (TPSA) is 67.1 Å². The van der Waals surface area contributed by atoms with Crippen molar-refractivity contribution in [2.75, 3.05) is 49.9 Å². The molecule has 29 heavy (non-hydrogen) atoms. The summed E-state index contributed by atoms with van der Waals surface area (Å²) < 4.78 is 12.9. The molecule has 0 bridgehead atoms. The first kappa shape index (κ1) is 21.2. The summed E-state index contributed by atoms with van der Waals surface area (Å²) in [6.07, 6.45) is 0. The number of halogens is 2. The average Bonchev–Trinajstić information content (AvgIpc) is 2.68. The maximum atomic E-state index is 12.9. The van der Waals surface area contributed by atoms with Crippen molar-refractivity contribution in [2.24, 2.45) is 0 Å². The predicted octanol–water partition coefficient (Wildman–Crippen LogP) is 0.148. The highest BCUT2D eigenvalue weighted by atomic mass is 35.5. The molecule has 154 valence electrons. The first-order valence-corrected chi connectivity index (χ1v) is 10.1. The summed E-state index contributed by atoms with van der Waals surface area (Å²) in [5.41, 5.74) is 2.30. The van der Waals surface area contributed by atoms with Gasteiger partial charge in [0.2, 0.25) is 0 Å². The molecule has 6 nitrogen and oxygen atoms in total. The predicted molar refractivity (Wildman–Crippen MR) is 111 cm³/mol. The van der Waals surface area contributed by atoms with Gasteiger partial charge in [0.25, 0.3) is 11.8 Å². The minimum absolute atomic E-state index is 0.0390. The fraction of sp³-hybridized carbons (Fsp3) is 0.333. The molecule has 0 radical (unpaired) electrons. The molecule has 0 aromatic heterocycles. The van der Waals surface area contributed by atoms with Crippen molar-refractivity contribution in [3.63, 3.8) is 0 Å². The Morgan fingerprint density at radius 2 is 1.48 bits per heavy atom. The third-order valence-corrected chi connectivity index (χ3v) is 5.32. The molecular formula is C21H26ClFN4O2+2. The van der Waals surface area contributed by atoms with Crippen molar-refractivity contribution in [2.45, 2.75) is 6.92 Å². The Balaban J connectivity index is 1.40. The molecule has 1 saturated heterocycles. The molecule has 2 aromatic carbocycles. The summed E-state index contributed by atoms with van der Waals surface area (Å²) in [5, 5.41) is 6.31. The normalized spacial score (nSPS) is 18.9. The summed E-state index contributed by atoms with van der Waals surface area (Å²) in [7, 11) is 0. The second kappa shape index (κ2) is 9.82. The molecule has 1 fully saturated rings. The van der Waals surface area contributed by atoms with E-state index in [1.807, 2.05) is 13.0 Å². The fourth-order valence-corrected chi connectivity index (χ4v) is 3.60. The highest BCUT2D eigenvalue weighted by Gasteiger charge is 2.26. The molecule has 1 aliphatic heterocycles. The van der Waals surface area contributed by atoms with Gasteiger partial charge in [0.1, 0.15) is 32.0 Å². The number of carbonyl (C=O) groups is 2. The van der Waals surface area contributed by atoms with E-state index in [-0.39, 0.29) is 17.6 Å². The van der Waals surface area contributed by atoms with Crippen molar-refractivity contribution in [3.05, 3.63) is 58.9 Å². The minimum atomic E-state index is -0.331. The van der Waals surface area contributed by atoms with Crippen molar-refractivity contribution in [1.29, 1.82) is 0 Å². The molecule has 2 aromatic rings. The van der Waals surface area contributed by atoms with Crippen molar-refractivity contribution in [1.82, 2.24) is 0 Å². The van der Waals surface area contributed by atoms with E-state index in [9.17, 15) is 14.0 Å². The van der Waals surface area contributed by atoms with Gasteiger partial charge >= 0.3 is 0 Å². The zero-order valence-corrected chi connectivity index (χ0v) is 17.1. The number of anilines is 2. The van der Waals surface area contributed by atoms with Gasteiger partial charge in [-0.25, -0.2) is 4.39 Å². The zero-order chi connectivity index (χ0) is 20.8. The first-order valence-electron chi connectivity index (χ1n) is 9.67. The fourth-order valence-electron chi connectivity index (χ4n) is 3.43. The minimum Gasteiger partial charge on any atom is -0.321 e. The van der Waals surface area contributed by atoms with Gasteiger partial charge in [-0.1, -0.05) is 17.7 Å². The Labute approximate surface area is 174 Å². The van der Waals surface area contributed by atoms with Crippen LogP contribution < -0.4 is 20.4 Å². The van der Waals surface area contributed by atoms with Crippen LogP contribution in [0.5, 0.6) is 0 Å². The summed E-state index contributed by atoms with van der Waals surface area (Å²) in [6.45, 7) is 5.95. The van der Waals surface area contributed by atoms with Gasteiger partial charge in [-0.15, -0.1) is 0 Å². The van der Waals surface area contributed by atoms with Crippen molar-refractivity contribution >= 4 is 34.8 Å². The summed E-state index contributed by atoms with van der Waals surface area (Å²) in [4.78, 5) is 26.9. The molecule has 0 spiro atoms. The summed E-state index contributed by atoms with van der Waals surface area (Å²) in [5.74, 6) is -0.464. The van der Waals surface area contributed by atoms with Crippen LogP contribution >= 0.6 is 11.6 Å². The summed E-state index contributed by atoms with van der Waals surface area (Å²) in [6, 6.07) is 11.2. The third-order valence-electron chi connectivity index (χ3n) is 5.09. The Morgan fingerprint density at radius 1 is 0.931 bits per heavy atom. The van der Waals surface area contributed by atoms with E-state index >= 15 is 0 Å². The Bertz CT molecular complexity index is 867. The maximum Gasteiger partial charge on any atom is 0.279 e. The van der Waals surface area contributed by atoms with Crippen molar-refractivity contribution < 1.29 is 23.8 Å². The number of aryl methyl sites for hydroxylation is 1. The van der Waals surface area contributed by atoms with Crippen LogP contribution in [0.25, 0.3) is 0 Å². The Kier molecular flexibility index (Phi) is 7.19. The molecular weight excluding hydrogens is 395 g/mol. The Morgan fingerprint density at radius 3 is 2.07 bits per heavy atom. The smallest absolute Gasteiger partial charge is 0.279 e. The van der Waals surface area contributed by atoms with Gasteiger partial charge in [0.15, 0.2) is 13.1 Å². The number of carbonyl (C=O) groups excluding carboxylic acids is 2. The molecule has 4 N–H and O–H groups in total. The first-order chi connectivity index (χ1) is 13.9. The van der Waals surface area contributed by atoms with Gasteiger partial charge in [-0.3, -0.25) is 9.59 Å². The van der Waals surface area contributed by atoms with Gasteiger partial charge in [0, 0.05) is 16.4 Å². The average molecular weight is 421 g/mol. The number of amides is 2. The monoisotopic (exact) mass is 420 g/mol. The van der Waals surface area contributed by atoms with E-state index in [0.717, 1.165) is 37.4 Å². The standard InChI is InChI=1S/C21H24ClFN4O2/c1-15-2-3-16(22)12-19(15)25-21(29)14-27-10-8-26(9-11-27)13-20(28)24-18-6-4-17(23)5-7-18/h2-7,12H,8-11,13-14H2,1H3,(H,24,28)(H,25,29)/p+2. The number of benzene rings is 2. The largest absolute Gasteiger partial charge is 0.321 e. The van der Waals surface area contributed by atoms with E-state index in [4.69, 9.17) is 11.6 Å². The molecule has 3 rings (SSSR count). The van der Waals surface area contributed by atoms with Gasteiger partial charge in [-0.05, 0) is 48.9 Å². The molecule has 0 atom stereocenters. The van der Waals surface area contributed by atoms with Crippen LogP contribution in [0, 0.1) is 12.7 Å². The summed E-state index contributed by atoms with van der Waals surface area (Å²) >= 11 is 6.00. The number of hydrogen-bond acceptors (Lipinski definition) is 2. The van der Waals surface area contributed by atoms with Crippen molar-refractivity contribution in [3.8, 4) is 0 Å². The lowest BCUT2D eigenvalue weighted by atomic mass is 10.2. The van der Waals surface area contributed by atoms with Crippen LogP contribution in [0.15, 0.2) is 42.5 Å². The maximum absolute atomic E-state index is 12.9. The van der Waals surface area contributed by atoms with E-state index in [0.29, 0.717) is 23.8 Å². The van der Waals surface area contributed by atoms with Crippen LogP contribution in [-0.4, -0.2) is 51.1 Å². The lowest BCUT2D eigenvalue weighted by Crippen LogP contribution is -3.28. The van der Waals surface area contributed by atoms with Crippen LogP contribution in [0.1, 0.15) is 5.56 Å². The van der Waals surface area contributed by atoms with Crippen LogP contribution in [0.2, 0.25) is 5.02 Å². The number of hydrogen-bond donors (Lipinski definition) is 4. The highest BCUT2D eigenvalue weighted by molar-refractivity contribution is 6.31. The van der Waals surface area contributed by atoms with Gasteiger partial charge in [-0.2, -0.15) is 0 Å². The second-order valence-corrected chi connectivity index (χ2v) is 7.85. The lowest BCUT2D eigenvalue weighted by molar-refractivity contribution is -1.00. The quantitative estimate of drug-likeness (QED) is 0.537. The third kappa shape index (κ3) is 6.52. The molecule has 2 amide bonds. The SMILES string of the molecule is Cc1ccc(Cl)cc1NC(=O)C[NH+]1CC[NH+](CC(=O)Nc2ccc(F)cc2)CC1. The number of quaternary nitrogens is 2. The van der Waals surface area contributed by atoms with E-state index in [2.05, 4.69) is 10.6 Å². The molecule has 1 aliphatic rings. The number of piperazine rings is 1. The number of rotatable bonds is 6. The molecule has 0 unspecified atom stereocenters. The van der Waals surface area contributed by atoms with Crippen LogP contribution in [0.3, 0.4) is 0 Å². The van der Waals surface area contributed by atoms with E-state index in [1.165, 1.54) is 21.9 Å². The Hall–Kier alpha value is -2.48. The number of nitrogens with one attached hydrogen (secondary N) is 4. The molecule has 8 heteroatoms. The van der Waals surface area contributed by atoms with Gasteiger partial charge < -0.3 is 20.4 Å². The van der Waals surface area contributed by atoms with E-state index < -0.39 is 0 Å². The zero-order valence-electron chi connectivity index (χ0n) is 16.4. The van der Waals surface area contributed by atoms with E-state index in [1.54, 1.807) is 24.3 Å². The molecule has 0 saturated carbocycles. The van der Waals surface area contributed by atoms with Crippen LogP contribution in [-0.2, 0) is 9.59 Å². The molecule has 1 heterocycles. The lowest BCUT2D eigenvalue weighted by Gasteiger charge is -2.29. The molecule has 0 aliphatic carbocycles. The van der Waals surface area contributed by atoms with Crippen LogP contribution in [0.4, 0.5) is 15.8 Å².